The van der Waals surface area contributed by atoms with E-state index in [1.165, 1.54) is 19.3 Å². The molecule has 1 saturated heterocycles. The van der Waals surface area contributed by atoms with Gasteiger partial charge in [0.15, 0.2) is 5.96 Å². The summed E-state index contributed by atoms with van der Waals surface area (Å²) in [6, 6.07) is 0. The van der Waals surface area contributed by atoms with Gasteiger partial charge in [-0.2, -0.15) is 0 Å². The Kier molecular flexibility index (Phi) is 10.9. The zero-order valence-electron chi connectivity index (χ0n) is 13.6. The molecule has 2 aliphatic rings. The maximum atomic E-state index is 5.73. The quantitative estimate of drug-likeness (QED) is 0.207. The van der Waals surface area contributed by atoms with Crippen molar-refractivity contribution in [3.8, 4) is 0 Å². The molecule has 0 spiro atoms. The van der Waals surface area contributed by atoms with Crippen LogP contribution in [0.1, 0.15) is 38.5 Å². The van der Waals surface area contributed by atoms with Crippen molar-refractivity contribution in [2.24, 2.45) is 4.99 Å². The first kappa shape index (κ1) is 19.7. The van der Waals surface area contributed by atoms with Crippen LogP contribution < -0.4 is 10.6 Å². The first-order valence-electron chi connectivity index (χ1n) is 8.20. The maximum Gasteiger partial charge on any atom is 0.190 e. The summed E-state index contributed by atoms with van der Waals surface area (Å²) >= 11 is 0. The number of nitrogens with zero attached hydrogens (tertiary/aromatic N) is 1. The van der Waals surface area contributed by atoms with Crippen molar-refractivity contribution in [1.82, 2.24) is 10.6 Å². The van der Waals surface area contributed by atoms with Crippen molar-refractivity contribution in [1.29, 1.82) is 0 Å². The standard InChI is InChI=1S/C16H29N3O2.HI/c1-17-16(19-10-7-14-5-2-3-6-14)18-9-4-11-21-15-8-12-20-13-15;/h5,15H,2-4,6-13H2,1H3,(H2,17,18,19);1H. The average molecular weight is 423 g/mol. The lowest BCUT2D eigenvalue weighted by Gasteiger charge is -2.13. The normalized spacial score (nSPS) is 21.4. The van der Waals surface area contributed by atoms with Crippen LogP contribution in [0.4, 0.5) is 0 Å². The molecule has 0 bridgehead atoms. The van der Waals surface area contributed by atoms with Crippen LogP contribution in [0.15, 0.2) is 16.6 Å². The van der Waals surface area contributed by atoms with Gasteiger partial charge in [0.1, 0.15) is 0 Å². The number of guanidine groups is 1. The predicted octanol–water partition coefficient (Wildman–Crippen LogP) is 2.47. The second-order valence-corrected chi connectivity index (χ2v) is 5.64. The smallest absolute Gasteiger partial charge is 0.190 e. The summed E-state index contributed by atoms with van der Waals surface area (Å²) in [5.74, 6) is 0.887. The molecule has 5 nitrogen and oxygen atoms in total. The Bertz CT molecular complexity index is 355. The first-order valence-corrected chi connectivity index (χ1v) is 8.20. The van der Waals surface area contributed by atoms with Crippen LogP contribution in [0.5, 0.6) is 0 Å². The van der Waals surface area contributed by atoms with Crippen LogP contribution in [-0.2, 0) is 9.47 Å². The Balaban J connectivity index is 0.00000242. The van der Waals surface area contributed by atoms with Gasteiger partial charge in [0.05, 0.1) is 12.7 Å². The molecule has 0 saturated carbocycles. The van der Waals surface area contributed by atoms with Crippen molar-refractivity contribution < 1.29 is 9.47 Å². The first-order chi connectivity index (χ1) is 10.4. The molecule has 2 N–H and O–H groups in total. The van der Waals surface area contributed by atoms with Gasteiger partial charge in [-0.05, 0) is 38.5 Å². The summed E-state index contributed by atoms with van der Waals surface area (Å²) in [5.41, 5.74) is 1.59. The predicted molar refractivity (Wildman–Crippen MR) is 101 cm³/mol. The highest BCUT2D eigenvalue weighted by molar-refractivity contribution is 14.0. The number of hydrogen-bond acceptors (Lipinski definition) is 3. The summed E-state index contributed by atoms with van der Waals surface area (Å²) in [4.78, 5) is 4.24. The van der Waals surface area contributed by atoms with E-state index < -0.39 is 0 Å². The zero-order chi connectivity index (χ0) is 14.8. The molecule has 0 aromatic rings. The second kappa shape index (κ2) is 12.1. The summed E-state index contributed by atoms with van der Waals surface area (Å²) in [6.07, 6.45) is 9.70. The monoisotopic (exact) mass is 423 g/mol. The highest BCUT2D eigenvalue weighted by Crippen LogP contribution is 2.19. The topological polar surface area (TPSA) is 54.9 Å². The number of rotatable bonds is 8. The fourth-order valence-corrected chi connectivity index (χ4v) is 2.70. The maximum absolute atomic E-state index is 5.73. The van der Waals surface area contributed by atoms with Gasteiger partial charge >= 0.3 is 0 Å². The molecule has 1 aliphatic carbocycles. The van der Waals surface area contributed by atoms with Gasteiger partial charge in [0, 0.05) is 33.4 Å². The molecule has 6 heteroatoms. The molecule has 0 amide bonds. The number of nitrogens with one attached hydrogen (secondary N) is 2. The largest absolute Gasteiger partial charge is 0.379 e. The van der Waals surface area contributed by atoms with Gasteiger partial charge < -0.3 is 20.1 Å². The van der Waals surface area contributed by atoms with Gasteiger partial charge in [-0.1, -0.05) is 11.6 Å². The number of allylic oxidation sites excluding steroid dienone is 1. The molecule has 22 heavy (non-hydrogen) atoms. The molecule has 2 rings (SSSR count). The van der Waals surface area contributed by atoms with Gasteiger partial charge in [-0.15, -0.1) is 24.0 Å². The van der Waals surface area contributed by atoms with Gasteiger partial charge in [0.25, 0.3) is 0 Å². The molecular weight excluding hydrogens is 393 g/mol. The second-order valence-electron chi connectivity index (χ2n) is 5.64. The Morgan fingerprint density at radius 3 is 2.95 bits per heavy atom. The molecule has 1 heterocycles. The molecule has 1 fully saturated rings. The Morgan fingerprint density at radius 1 is 1.41 bits per heavy atom. The molecule has 0 radical (unpaired) electrons. The summed E-state index contributed by atoms with van der Waals surface area (Å²) in [7, 11) is 1.82. The average Bonchev–Trinajstić information content (AvgIpc) is 3.18. The number of ether oxygens (including phenoxy) is 2. The lowest BCUT2D eigenvalue weighted by molar-refractivity contribution is 0.0420. The van der Waals surface area contributed by atoms with Crippen molar-refractivity contribution in [3.63, 3.8) is 0 Å². The van der Waals surface area contributed by atoms with Crippen LogP contribution in [-0.4, -0.2) is 52.0 Å². The fourth-order valence-electron chi connectivity index (χ4n) is 2.70. The summed E-state index contributed by atoms with van der Waals surface area (Å²) in [6.45, 7) is 4.23. The Morgan fingerprint density at radius 2 is 2.27 bits per heavy atom. The van der Waals surface area contributed by atoms with E-state index in [0.29, 0.717) is 6.10 Å². The van der Waals surface area contributed by atoms with Crippen molar-refractivity contribution in [2.75, 3.05) is 40.0 Å². The van der Waals surface area contributed by atoms with E-state index in [9.17, 15) is 0 Å². The molecular formula is C16H30IN3O2. The van der Waals surface area contributed by atoms with Crippen molar-refractivity contribution in [3.05, 3.63) is 11.6 Å². The van der Waals surface area contributed by atoms with Gasteiger partial charge in [0.2, 0.25) is 0 Å². The van der Waals surface area contributed by atoms with Crippen LogP contribution in [0.3, 0.4) is 0 Å². The summed E-state index contributed by atoms with van der Waals surface area (Å²) < 4.78 is 11.0. The third-order valence-corrected chi connectivity index (χ3v) is 3.95. The molecule has 1 unspecified atom stereocenters. The highest BCUT2D eigenvalue weighted by atomic mass is 127. The van der Waals surface area contributed by atoms with Crippen LogP contribution in [0.25, 0.3) is 0 Å². The van der Waals surface area contributed by atoms with E-state index >= 15 is 0 Å². The Hall–Kier alpha value is -0.340. The molecule has 128 valence electrons. The van der Waals surface area contributed by atoms with Gasteiger partial charge in [-0.3, -0.25) is 4.99 Å². The van der Waals surface area contributed by atoms with Crippen LogP contribution in [0, 0.1) is 0 Å². The minimum absolute atomic E-state index is 0. The number of aliphatic imine (C=N–C) groups is 1. The van der Waals surface area contributed by atoms with E-state index in [1.54, 1.807) is 5.57 Å². The third-order valence-electron chi connectivity index (χ3n) is 3.95. The number of hydrogen-bond donors (Lipinski definition) is 2. The fraction of sp³-hybridized carbons (Fsp3) is 0.812. The van der Waals surface area contributed by atoms with E-state index in [2.05, 4.69) is 21.7 Å². The SMILES string of the molecule is CN=C(NCCCOC1CCOC1)NCCC1=CCCC1.I. The van der Waals surface area contributed by atoms with Gasteiger partial charge in [-0.25, -0.2) is 0 Å². The Labute approximate surface area is 151 Å². The zero-order valence-corrected chi connectivity index (χ0v) is 15.9. The van der Waals surface area contributed by atoms with E-state index in [4.69, 9.17) is 9.47 Å². The van der Waals surface area contributed by atoms with Crippen molar-refractivity contribution >= 4 is 29.9 Å². The van der Waals surface area contributed by atoms with E-state index in [-0.39, 0.29) is 24.0 Å². The minimum atomic E-state index is 0. The highest BCUT2D eigenvalue weighted by Gasteiger charge is 2.15. The van der Waals surface area contributed by atoms with Crippen LogP contribution in [0.2, 0.25) is 0 Å². The molecule has 0 aromatic carbocycles. The molecule has 1 aliphatic heterocycles. The van der Waals surface area contributed by atoms with E-state index in [1.807, 2.05) is 7.05 Å². The molecule has 0 aromatic heterocycles. The lowest BCUT2D eigenvalue weighted by Crippen LogP contribution is -2.38. The lowest BCUT2D eigenvalue weighted by atomic mass is 10.2. The molecule has 1 atom stereocenters. The van der Waals surface area contributed by atoms with E-state index in [0.717, 1.165) is 58.1 Å². The summed E-state index contributed by atoms with van der Waals surface area (Å²) in [5, 5.41) is 6.69. The third kappa shape index (κ3) is 7.78. The van der Waals surface area contributed by atoms with Crippen molar-refractivity contribution in [2.45, 2.75) is 44.6 Å². The number of halogens is 1. The minimum Gasteiger partial charge on any atom is -0.379 e. The van der Waals surface area contributed by atoms with Crippen LogP contribution >= 0.6 is 24.0 Å².